The molecule has 0 spiro atoms. The van der Waals surface area contributed by atoms with Crippen molar-refractivity contribution in [3.63, 3.8) is 0 Å². The third-order valence-electron chi connectivity index (χ3n) is 6.64. The zero-order valence-corrected chi connectivity index (χ0v) is 21.1. The van der Waals surface area contributed by atoms with E-state index in [1.807, 2.05) is 19.1 Å². The second-order valence-electron chi connectivity index (χ2n) is 9.86. The molecule has 4 heteroatoms. The summed E-state index contributed by atoms with van der Waals surface area (Å²) < 4.78 is 12.5. The molecule has 172 valence electrons. The molecular weight excluding hydrogens is 424 g/mol. The first-order chi connectivity index (χ1) is 15.8. The highest BCUT2D eigenvalue weighted by Crippen LogP contribution is 2.41. The van der Waals surface area contributed by atoms with Crippen LogP contribution in [0.25, 0.3) is 0 Å². The first-order valence-corrected chi connectivity index (χ1v) is 13.8. The maximum atomic E-state index is 12.2. The Labute approximate surface area is 199 Å². The number of ether oxygens (including phenoxy) is 1. The Hall–Kier alpha value is -2.69. The van der Waals surface area contributed by atoms with E-state index in [0.29, 0.717) is 6.61 Å². The van der Waals surface area contributed by atoms with Crippen LogP contribution in [0.3, 0.4) is 0 Å². The molecule has 3 nitrogen and oxygen atoms in total. The predicted molar refractivity (Wildman–Crippen MR) is 137 cm³/mol. The molecule has 2 aromatic rings. The minimum atomic E-state index is -2.58. The van der Waals surface area contributed by atoms with Crippen LogP contribution in [-0.2, 0) is 14.0 Å². The molecule has 0 bridgehead atoms. The zero-order valence-electron chi connectivity index (χ0n) is 20.1. The Morgan fingerprint density at radius 2 is 1.36 bits per heavy atom. The Balaban J connectivity index is 1.64. The molecule has 0 unspecified atom stereocenters. The minimum absolute atomic E-state index is 0.0453. The lowest BCUT2D eigenvalue weighted by Gasteiger charge is -2.44. The Morgan fingerprint density at radius 3 is 1.79 bits per heavy atom. The van der Waals surface area contributed by atoms with Crippen molar-refractivity contribution >= 4 is 24.7 Å². The van der Waals surface area contributed by atoms with E-state index in [2.05, 4.69) is 93.6 Å². The molecule has 0 fully saturated rings. The fourth-order valence-corrected chi connectivity index (χ4v) is 9.78. The number of carbonyl (C=O) groups is 1. The van der Waals surface area contributed by atoms with Crippen LogP contribution in [0.5, 0.6) is 0 Å². The van der Waals surface area contributed by atoms with Crippen LogP contribution in [0, 0.1) is 5.92 Å². The van der Waals surface area contributed by atoms with Crippen LogP contribution in [0.2, 0.25) is 5.04 Å². The lowest BCUT2D eigenvalue weighted by atomic mass is 10.1. The Morgan fingerprint density at radius 1 is 0.879 bits per heavy atom. The maximum Gasteiger partial charge on any atom is 0.316 e. The molecule has 0 radical (unpaired) electrons. The normalized spacial score (nSPS) is 17.2. The van der Waals surface area contributed by atoms with Gasteiger partial charge in [-0.15, -0.1) is 0 Å². The summed E-state index contributed by atoms with van der Waals surface area (Å²) in [5.74, 6) is -0.502. The van der Waals surface area contributed by atoms with Gasteiger partial charge >= 0.3 is 5.97 Å². The minimum Gasteiger partial charge on any atom is -0.465 e. The van der Waals surface area contributed by atoms with Crippen LogP contribution in [0.4, 0.5) is 0 Å². The molecule has 0 saturated carbocycles. The third-order valence-corrected chi connectivity index (χ3v) is 11.7. The second-order valence-corrected chi connectivity index (χ2v) is 14.1. The van der Waals surface area contributed by atoms with Crippen LogP contribution in [-0.4, -0.2) is 27.0 Å². The molecule has 0 aliphatic heterocycles. The van der Waals surface area contributed by atoms with Gasteiger partial charge in [-0.25, -0.2) is 0 Å². The van der Waals surface area contributed by atoms with Gasteiger partial charge in [0.05, 0.1) is 18.6 Å². The van der Waals surface area contributed by atoms with Gasteiger partial charge in [0.1, 0.15) is 0 Å². The highest BCUT2D eigenvalue weighted by Gasteiger charge is 2.51. The average Bonchev–Trinajstić information content (AvgIpc) is 3.08. The Bertz CT molecular complexity index is 996. The van der Waals surface area contributed by atoms with Crippen molar-refractivity contribution < 1.29 is 14.0 Å². The second kappa shape index (κ2) is 9.66. The van der Waals surface area contributed by atoms with E-state index < -0.39 is 8.32 Å². The van der Waals surface area contributed by atoms with Crippen molar-refractivity contribution in [3.05, 3.63) is 96.1 Å². The van der Waals surface area contributed by atoms with Crippen molar-refractivity contribution in [2.75, 3.05) is 6.61 Å². The van der Waals surface area contributed by atoms with Gasteiger partial charge in [-0.2, -0.15) is 0 Å². The molecule has 0 amide bonds. The summed E-state index contributed by atoms with van der Waals surface area (Å²) in [5, 5.41) is 2.56. The standard InChI is InChI=1S/C29H34O3Si/c1-5-31-28(30)22-16-18-23-20-25(21-24(23)19-17-22)32-33(29(2,3)4,26-12-8-6-9-13-26)27-14-10-7-11-15-27/h6-19,22,25H,5,20-21H2,1-4H3. The van der Waals surface area contributed by atoms with E-state index >= 15 is 0 Å². The highest BCUT2D eigenvalue weighted by molar-refractivity contribution is 6.99. The monoisotopic (exact) mass is 458 g/mol. The van der Waals surface area contributed by atoms with E-state index in [9.17, 15) is 4.79 Å². The fourth-order valence-electron chi connectivity index (χ4n) is 5.10. The summed E-state index contributed by atoms with van der Waals surface area (Å²) in [5.41, 5.74) is 2.53. The number of benzene rings is 2. The summed E-state index contributed by atoms with van der Waals surface area (Å²) in [7, 11) is -2.58. The smallest absolute Gasteiger partial charge is 0.316 e. The first kappa shape index (κ1) is 23.5. The molecular formula is C29H34O3Si. The molecule has 2 aliphatic carbocycles. The number of hydrogen-bond donors (Lipinski definition) is 0. The van der Waals surface area contributed by atoms with Gasteiger partial charge in [-0.3, -0.25) is 4.79 Å². The van der Waals surface area contributed by atoms with Crippen LogP contribution >= 0.6 is 0 Å². The van der Waals surface area contributed by atoms with Crippen molar-refractivity contribution in [1.82, 2.24) is 0 Å². The van der Waals surface area contributed by atoms with Crippen molar-refractivity contribution in [1.29, 1.82) is 0 Å². The van der Waals surface area contributed by atoms with Crippen molar-refractivity contribution in [3.8, 4) is 0 Å². The summed E-state index contributed by atoms with van der Waals surface area (Å²) in [6.45, 7) is 9.19. The Kier molecular flexibility index (Phi) is 6.87. The number of rotatable bonds is 6. The van der Waals surface area contributed by atoms with Gasteiger partial charge in [0.2, 0.25) is 0 Å². The summed E-state index contributed by atoms with van der Waals surface area (Å²) >= 11 is 0. The number of hydrogen-bond acceptors (Lipinski definition) is 3. The van der Waals surface area contributed by atoms with Crippen molar-refractivity contribution in [2.24, 2.45) is 5.92 Å². The molecule has 2 aliphatic rings. The maximum absolute atomic E-state index is 12.2. The molecule has 2 aromatic carbocycles. The van der Waals surface area contributed by atoms with Crippen LogP contribution in [0.1, 0.15) is 40.5 Å². The van der Waals surface area contributed by atoms with Gasteiger partial charge in [0.25, 0.3) is 8.32 Å². The average molecular weight is 459 g/mol. The highest BCUT2D eigenvalue weighted by atomic mass is 28.4. The van der Waals surface area contributed by atoms with Crippen molar-refractivity contribution in [2.45, 2.75) is 51.7 Å². The molecule has 0 aromatic heterocycles. The molecule has 0 atom stereocenters. The quantitative estimate of drug-likeness (QED) is 0.434. The van der Waals surface area contributed by atoms with Gasteiger partial charge in [-0.05, 0) is 46.3 Å². The molecule has 0 heterocycles. The van der Waals surface area contributed by atoms with Gasteiger partial charge < -0.3 is 9.16 Å². The fraction of sp³-hybridized carbons (Fsp3) is 0.345. The summed E-state index contributed by atoms with van der Waals surface area (Å²) in [6, 6.07) is 21.6. The summed E-state index contributed by atoms with van der Waals surface area (Å²) in [4.78, 5) is 12.2. The SMILES string of the molecule is CCOC(=O)C1C=CC2=C(C=C1)CC(O[Si](c1ccccc1)(c1ccccc1)C(C)(C)C)C2. The van der Waals surface area contributed by atoms with Crippen LogP contribution in [0.15, 0.2) is 96.1 Å². The largest absolute Gasteiger partial charge is 0.465 e. The predicted octanol–water partition coefficient (Wildman–Crippen LogP) is 5.33. The van der Waals surface area contributed by atoms with Gasteiger partial charge in [0, 0.05) is 0 Å². The van der Waals surface area contributed by atoms with Crippen LogP contribution < -0.4 is 10.4 Å². The van der Waals surface area contributed by atoms with E-state index in [4.69, 9.17) is 9.16 Å². The first-order valence-electron chi connectivity index (χ1n) is 11.9. The number of esters is 1. The molecule has 4 rings (SSSR count). The lowest BCUT2D eigenvalue weighted by Crippen LogP contribution is -2.67. The van der Waals surface area contributed by atoms with Gasteiger partial charge in [0.15, 0.2) is 0 Å². The van der Waals surface area contributed by atoms with Gasteiger partial charge in [-0.1, -0.05) is 106 Å². The van der Waals surface area contributed by atoms with E-state index in [-0.39, 0.29) is 23.0 Å². The van der Waals surface area contributed by atoms with E-state index in [0.717, 1.165) is 12.8 Å². The number of carbonyl (C=O) groups excluding carboxylic acids is 1. The molecule has 0 N–H and O–H groups in total. The third kappa shape index (κ3) is 4.68. The summed E-state index contributed by atoms with van der Waals surface area (Å²) in [6.07, 6.45) is 9.95. The zero-order chi connectivity index (χ0) is 23.5. The van der Waals surface area contributed by atoms with E-state index in [1.165, 1.54) is 21.5 Å². The topological polar surface area (TPSA) is 35.5 Å². The molecule has 0 saturated heterocycles. The number of allylic oxidation sites excluding steroid dienone is 2. The van der Waals surface area contributed by atoms with E-state index in [1.54, 1.807) is 0 Å². The lowest BCUT2D eigenvalue weighted by molar-refractivity contribution is -0.144. The molecule has 33 heavy (non-hydrogen) atoms.